The van der Waals surface area contributed by atoms with E-state index in [0.29, 0.717) is 65.2 Å². The van der Waals surface area contributed by atoms with E-state index < -0.39 is 11.2 Å². The fourth-order valence-corrected chi connectivity index (χ4v) is 17.8. The minimum absolute atomic E-state index is 0. The zero-order chi connectivity index (χ0) is 46.6. The topological polar surface area (TPSA) is 140 Å². The number of nitrogens with one attached hydrogen (secondary N) is 1. The summed E-state index contributed by atoms with van der Waals surface area (Å²) >= 11 is 3.43. The average molecular weight is 982 g/mol. The van der Waals surface area contributed by atoms with Gasteiger partial charge in [-0.2, -0.15) is 10.2 Å². The number of Topliss-reactive ketones (excluding diaryl/α,β-unsaturated/α-hetero) is 2. The van der Waals surface area contributed by atoms with Crippen molar-refractivity contribution in [3.05, 3.63) is 24.8 Å². The summed E-state index contributed by atoms with van der Waals surface area (Å²) in [5.74, 6) is 8.72. The lowest BCUT2D eigenvalue weighted by Crippen LogP contribution is -2.55. The molecule has 8 aliphatic carbocycles. The molecule has 11 heteroatoms. The zero-order valence-corrected chi connectivity index (χ0v) is 43.0. The third-order valence-corrected chi connectivity index (χ3v) is 21.4. The summed E-state index contributed by atoms with van der Waals surface area (Å²) < 4.78 is 12.3. The molecule has 8 saturated carbocycles. The van der Waals surface area contributed by atoms with Gasteiger partial charge in [0, 0.05) is 11.8 Å². The van der Waals surface area contributed by atoms with Crippen LogP contribution in [-0.4, -0.2) is 71.5 Å². The summed E-state index contributed by atoms with van der Waals surface area (Å²) in [7, 11) is 0. The normalized spacial score (nSPS) is 44.1. The average Bonchev–Trinajstić information content (AvgIpc) is 4.08. The number of halogens is 1. The summed E-state index contributed by atoms with van der Waals surface area (Å²) in [6.07, 6.45) is 27.9. The van der Waals surface area contributed by atoms with Gasteiger partial charge >= 0.3 is 0 Å². The van der Waals surface area contributed by atoms with E-state index in [1.807, 2.05) is 33.9 Å². The van der Waals surface area contributed by atoms with Crippen molar-refractivity contribution in [3.8, 4) is 11.5 Å². The van der Waals surface area contributed by atoms with Crippen molar-refractivity contribution in [3.63, 3.8) is 0 Å². The van der Waals surface area contributed by atoms with E-state index in [2.05, 4.69) is 58.9 Å². The van der Waals surface area contributed by atoms with Gasteiger partial charge in [-0.3, -0.25) is 19.4 Å². The van der Waals surface area contributed by atoms with Crippen LogP contribution in [0.25, 0.3) is 0 Å². The molecule has 2 aromatic rings. The van der Waals surface area contributed by atoms with E-state index in [0.717, 1.165) is 79.6 Å². The number of aromatic amines is 1. The van der Waals surface area contributed by atoms with Crippen LogP contribution in [0, 0.1) is 80.8 Å². The molecule has 2 aromatic heterocycles. The highest BCUT2D eigenvalue weighted by molar-refractivity contribution is 9.09. The van der Waals surface area contributed by atoms with Crippen molar-refractivity contribution < 1.29 is 29.3 Å². The van der Waals surface area contributed by atoms with Crippen LogP contribution < -0.4 is 9.47 Å². The van der Waals surface area contributed by atoms with Gasteiger partial charge in [-0.1, -0.05) is 51.1 Å². The Kier molecular flexibility index (Phi) is 15.5. The first-order valence-electron chi connectivity index (χ1n) is 26.1. The molecule has 0 aromatic carbocycles. The number of carbonyl (C=O) groups excluding carboxylic acids is 2. The van der Waals surface area contributed by atoms with Crippen LogP contribution in [-0.2, 0) is 16.1 Å². The van der Waals surface area contributed by atoms with Gasteiger partial charge in [-0.25, -0.2) is 0 Å². The smallest absolute Gasteiger partial charge is 0.157 e. The molecule has 0 unspecified atom stereocenters. The van der Waals surface area contributed by atoms with E-state index in [1.54, 1.807) is 23.3 Å². The van der Waals surface area contributed by atoms with Gasteiger partial charge in [-0.05, 0) is 212 Å². The van der Waals surface area contributed by atoms with Crippen LogP contribution in [0.1, 0.15) is 178 Å². The number of aromatic nitrogens is 4. The molecule has 66 heavy (non-hydrogen) atoms. The second kappa shape index (κ2) is 19.9. The zero-order valence-electron chi connectivity index (χ0n) is 41.4. The van der Waals surface area contributed by atoms with Crippen molar-refractivity contribution >= 4 is 27.5 Å². The number of fused-ring (bicyclic) bond motifs is 10. The molecule has 3 N–H and O–H groups in total. The molecule has 372 valence electrons. The highest BCUT2D eigenvalue weighted by atomic mass is 79.9. The summed E-state index contributed by atoms with van der Waals surface area (Å²) in [5, 5.41) is 32.5. The van der Waals surface area contributed by atoms with Crippen LogP contribution in [0.3, 0.4) is 0 Å². The molecule has 0 aliphatic heterocycles. The quantitative estimate of drug-likeness (QED) is 0.211. The van der Waals surface area contributed by atoms with E-state index >= 15 is 0 Å². The lowest BCUT2D eigenvalue weighted by molar-refractivity contribution is -0.151. The fraction of sp³-hybridized carbons (Fsp3) is 0.855. The molecule has 0 saturated heterocycles. The Morgan fingerprint density at radius 3 is 1.61 bits per heavy atom. The van der Waals surface area contributed by atoms with Crippen molar-refractivity contribution in [1.29, 1.82) is 0 Å². The Bertz CT molecular complexity index is 1950. The van der Waals surface area contributed by atoms with Crippen LogP contribution in [0.4, 0.5) is 0 Å². The van der Waals surface area contributed by atoms with Gasteiger partial charge < -0.3 is 19.7 Å². The van der Waals surface area contributed by atoms with Crippen molar-refractivity contribution in [2.75, 3.05) is 18.5 Å². The Morgan fingerprint density at radius 2 is 1.14 bits per heavy atom. The van der Waals surface area contributed by atoms with Crippen LogP contribution in [0.15, 0.2) is 24.8 Å². The number of hydrogen-bond donors (Lipinski definition) is 3. The second-order valence-corrected chi connectivity index (χ2v) is 24.9. The van der Waals surface area contributed by atoms with Crippen LogP contribution in [0.5, 0.6) is 11.5 Å². The van der Waals surface area contributed by atoms with E-state index in [9.17, 15) is 19.8 Å². The number of nitrogens with zero attached hydrogens (tertiary/aromatic N) is 3. The van der Waals surface area contributed by atoms with E-state index in [-0.39, 0.29) is 30.1 Å². The van der Waals surface area contributed by atoms with Gasteiger partial charge in [-0.15, -0.1) is 0 Å². The largest absolute Gasteiger partial charge is 0.491 e. The maximum Gasteiger partial charge on any atom is 0.157 e. The highest BCUT2D eigenvalue weighted by Gasteiger charge is 2.63. The molecule has 0 bridgehead atoms. The minimum Gasteiger partial charge on any atom is -0.491 e. The molecule has 10 nitrogen and oxygen atoms in total. The maximum atomic E-state index is 13.4. The minimum atomic E-state index is -0.473. The van der Waals surface area contributed by atoms with Gasteiger partial charge in [0.25, 0.3) is 0 Å². The highest BCUT2D eigenvalue weighted by Crippen LogP contribution is 2.70. The number of carbonyl (C=O) groups is 2. The van der Waals surface area contributed by atoms with Crippen molar-refractivity contribution in [1.82, 2.24) is 20.0 Å². The summed E-state index contributed by atoms with van der Waals surface area (Å²) in [6, 6.07) is 0. The van der Waals surface area contributed by atoms with Gasteiger partial charge in [0.05, 0.1) is 61.1 Å². The number of aliphatic hydroxyl groups is 2. The first-order valence-corrected chi connectivity index (χ1v) is 27.3. The maximum absolute atomic E-state index is 13.4. The van der Waals surface area contributed by atoms with Crippen molar-refractivity contribution in [2.45, 2.75) is 196 Å². The number of hydrogen-bond acceptors (Lipinski definition) is 8. The van der Waals surface area contributed by atoms with Gasteiger partial charge in [0.1, 0.15) is 5.78 Å². The Balaban J connectivity index is 0.000000169. The number of H-pyrrole nitrogens is 1. The Hall–Kier alpha value is -2.24. The molecule has 2 heterocycles. The molecular weight excluding hydrogens is 893 g/mol. The van der Waals surface area contributed by atoms with Crippen LogP contribution in [0.2, 0.25) is 0 Å². The summed E-state index contributed by atoms with van der Waals surface area (Å²) in [4.78, 5) is 26.0. The van der Waals surface area contributed by atoms with Crippen LogP contribution >= 0.6 is 15.9 Å². The van der Waals surface area contributed by atoms with Crippen molar-refractivity contribution in [2.24, 2.45) is 80.8 Å². The number of ketones is 2. The lowest BCUT2D eigenvalue weighted by atomic mass is 9.44. The number of ether oxygens (including phenoxy) is 2. The first kappa shape index (κ1) is 51.6. The third-order valence-electron chi connectivity index (χ3n) is 20.8. The first-order chi connectivity index (χ1) is 30.8. The molecule has 0 radical (unpaired) electrons. The van der Waals surface area contributed by atoms with E-state index in [1.165, 1.54) is 77.0 Å². The Labute approximate surface area is 406 Å². The van der Waals surface area contributed by atoms with E-state index in [4.69, 9.17) is 9.47 Å². The molecule has 10 rings (SSSR count). The molecule has 8 aliphatic rings. The predicted octanol–water partition coefficient (Wildman–Crippen LogP) is 12.1. The second-order valence-electron chi connectivity index (χ2n) is 24.3. The summed E-state index contributed by atoms with van der Waals surface area (Å²) in [6.45, 7) is 19.6. The Morgan fingerprint density at radius 1 is 0.652 bits per heavy atom. The SMILES string of the molecule is C.CCOc1cn[nH]c1.CCOc1cnn(CC(=O)[C@H]2CC[C@H]3[C@@H]4CC[C@H]5C[C@](C)(O)CC[C@]5(C)[C@H]4CC[C@]23C)c1.C[C@@]1(O)CC[C@@]2(C)[C@@H](CC[C@@H]3[C@@H]2CC[C@]2(C)[C@@H](C(=O)CBr)CC[C@@H]32)C1. The fourth-order valence-electron chi connectivity index (χ4n) is 17.4. The standard InChI is InChI=1S/C27H42N2O3.C22H35BrO2.C5H8N2O.CH4/c1-5-32-19-15-28-29(16-19)17-24(30)23-9-8-21-20-7-6-18-14-25(2,31)12-13-26(18,3)22(20)10-11-27(21,23)4;1-20(25)10-11-21(2)14(12-20)4-5-15-16-6-7-18(19(24)13-23)22(16,3)9-8-17(15)21;1-2-8-5-3-6-7-4-5;/h15-16,18,20-23,31H,5-14,17H2,1-4H3;14-18,25H,4-13H2,1-3H3;3-4H,2H2,1H3,(H,6,7);1H4/t18-,20-,21-,22-,23+,25+,26-,27-;14-,15-,16-,17-,18+,20+,21-,22-;;/m00../s1. The number of rotatable bonds is 9. The molecule has 0 amide bonds. The third kappa shape index (κ3) is 9.64. The van der Waals surface area contributed by atoms with Gasteiger partial charge in [0.15, 0.2) is 17.3 Å². The molecule has 0 spiro atoms. The molecular formula is C55H89BrN4O6. The predicted molar refractivity (Wildman–Crippen MR) is 265 cm³/mol. The number of alkyl halides is 1. The monoisotopic (exact) mass is 981 g/mol. The lowest BCUT2D eigenvalue weighted by Gasteiger charge is -2.61. The molecule has 8 fully saturated rings. The molecule has 16 atom stereocenters. The van der Waals surface area contributed by atoms with Gasteiger partial charge in [0.2, 0.25) is 0 Å². The summed E-state index contributed by atoms with van der Waals surface area (Å²) in [5.41, 5.74) is 0.261.